The van der Waals surface area contributed by atoms with E-state index in [2.05, 4.69) is 5.32 Å². The zero-order valence-corrected chi connectivity index (χ0v) is 10.5. The van der Waals surface area contributed by atoms with Gasteiger partial charge in [0, 0.05) is 18.6 Å². The van der Waals surface area contributed by atoms with Crippen LogP contribution in [0.5, 0.6) is 0 Å². The zero-order chi connectivity index (χ0) is 10.8. The largest absolute Gasteiger partial charge is 0.376 e. The standard InChI is InChI=1S/C11H20N2O2.ClH/c1-7-10(4-5-15-7)13-11(14)8-2-3-9(12)6-8;/h7-10H,2-6,12H2,1H3,(H,13,14);1H. The number of amides is 1. The third kappa shape index (κ3) is 3.09. The Balaban J connectivity index is 0.00000128. The minimum Gasteiger partial charge on any atom is -0.376 e. The molecule has 4 nitrogen and oxygen atoms in total. The topological polar surface area (TPSA) is 64.3 Å². The van der Waals surface area contributed by atoms with Gasteiger partial charge in [0.1, 0.15) is 0 Å². The average molecular weight is 249 g/mol. The number of ether oxygens (including phenoxy) is 1. The highest BCUT2D eigenvalue weighted by Crippen LogP contribution is 2.25. The molecule has 5 heteroatoms. The van der Waals surface area contributed by atoms with Gasteiger partial charge in [0.25, 0.3) is 0 Å². The molecule has 3 N–H and O–H groups in total. The molecule has 0 radical (unpaired) electrons. The second-order valence-electron chi connectivity index (χ2n) is 4.75. The van der Waals surface area contributed by atoms with Crippen molar-refractivity contribution < 1.29 is 9.53 Å². The van der Waals surface area contributed by atoms with Crippen LogP contribution in [0.4, 0.5) is 0 Å². The Morgan fingerprint density at radius 1 is 1.38 bits per heavy atom. The summed E-state index contributed by atoms with van der Waals surface area (Å²) in [5.41, 5.74) is 5.79. The highest BCUT2D eigenvalue weighted by molar-refractivity contribution is 5.85. The van der Waals surface area contributed by atoms with Crippen molar-refractivity contribution in [1.82, 2.24) is 5.32 Å². The van der Waals surface area contributed by atoms with Gasteiger partial charge in [-0.1, -0.05) is 0 Å². The lowest BCUT2D eigenvalue weighted by Gasteiger charge is -2.18. The number of nitrogens with two attached hydrogens (primary N) is 1. The van der Waals surface area contributed by atoms with Crippen LogP contribution in [-0.4, -0.2) is 30.7 Å². The second-order valence-corrected chi connectivity index (χ2v) is 4.75. The van der Waals surface area contributed by atoms with Crippen LogP contribution in [0.25, 0.3) is 0 Å². The van der Waals surface area contributed by atoms with Crippen molar-refractivity contribution in [1.29, 1.82) is 0 Å². The van der Waals surface area contributed by atoms with E-state index in [0.717, 1.165) is 32.3 Å². The highest BCUT2D eigenvalue weighted by Gasteiger charge is 2.31. The van der Waals surface area contributed by atoms with E-state index < -0.39 is 0 Å². The lowest BCUT2D eigenvalue weighted by atomic mass is 10.1. The smallest absolute Gasteiger partial charge is 0.223 e. The first-order valence-electron chi connectivity index (χ1n) is 5.84. The molecule has 2 aliphatic rings. The summed E-state index contributed by atoms with van der Waals surface area (Å²) in [7, 11) is 0. The Hall–Kier alpha value is -0.320. The lowest BCUT2D eigenvalue weighted by molar-refractivity contribution is -0.125. The number of rotatable bonds is 2. The summed E-state index contributed by atoms with van der Waals surface area (Å²) in [5, 5.41) is 3.07. The molecule has 1 amide bonds. The Morgan fingerprint density at radius 2 is 2.12 bits per heavy atom. The summed E-state index contributed by atoms with van der Waals surface area (Å²) in [6.45, 7) is 2.77. The fourth-order valence-corrected chi connectivity index (χ4v) is 2.48. The van der Waals surface area contributed by atoms with Crippen molar-refractivity contribution in [3.05, 3.63) is 0 Å². The van der Waals surface area contributed by atoms with Gasteiger partial charge in [0.15, 0.2) is 0 Å². The van der Waals surface area contributed by atoms with E-state index >= 15 is 0 Å². The van der Waals surface area contributed by atoms with Crippen molar-refractivity contribution in [3.8, 4) is 0 Å². The number of carbonyl (C=O) groups excluding carboxylic acids is 1. The summed E-state index contributed by atoms with van der Waals surface area (Å²) in [4.78, 5) is 11.9. The Kier molecular flexibility index (Phi) is 5.02. The van der Waals surface area contributed by atoms with Crippen molar-refractivity contribution in [3.63, 3.8) is 0 Å². The highest BCUT2D eigenvalue weighted by atomic mass is 35.5. The van der Waals surface area contributed by atoms with Gasteiger partial charge in [-0.05, 0) is 32.6 Å². The molecule has 16 heavy (non-hydrogen) atoms. The van der Waals surface area contributed by atoms with Gasteiger partial charge in [-0.15, -0.1) is 12.4 Å². The van der Waals surface area contributed by atoms with Crippen LogP contribution in [0.2, 0.25) is 0 Å². The molecule has 1 aliphatic carbocycles. The van der Waals surface area contributed by atoms with E-state index in [-0.39, 0.29) is 42.4 Å². The quantitative estimate of drug-likeness (QED) is 0.761. The molecule has 0 aromatic heterocycles. The molecular weight excluding hydrogens is 228 g/mol. The number of hydrogen-bond acceptors (Lipinski definition) is 3. The summed E-state index contributed by atoms with van der Waals surface area (Å²) >= 11 is 0. The summed E-state index contributed by atoms with van der Waals surface area (Å²) in [6.07, 6.45) is 3.85. The predicted molar refractivity (Wildman–Crippen MR) is 64.5 cm³/mol. The summed E-state index contributed by atoms with van der Waals surface area (Å²) in [6, 6.07) is 0.423. The fourth-order valence-electron chi connectivity index (χ4n) is 2.48. The van der Waals surface area contributed by atoms with E-state index in [9.17, 15) is 4.79 Å². The molecule has 0 aromatic rings. The van der Waals surface area contributed by atoms with Crippen LogP contribution in [0.1, 0.15) is 32.6 Å². The molecule has 4 atom stereocenters. The zero-order valence-electron chi connectivity index (χ0n) is 9.65. The molecule has 0 spiro atoms. The fraction of sp³-hybridized carbons (Fsp3) is 0.909. The first kappa shape index (κ1) is 13.7. The summed E-state index contributed by atoms with van der Waals surface area (Å²) < 4.78 is 5.41. The van der Waals surface area contributed by atoms with E-state index in [1.165, 1.54) is 0 Å². The van der Waals surface area contributed by atoms with Crippen LogP contribution < -0.4 is 11.1 Å². The van der Waals surface area contributed by atoms with Gasteiger partial charge >= 0.3 is 0 Å². The Labute approximate surface area is 103 Å². The minimum atomic E-state index is 0. The average Bonchev–Trinajstić information content (AvgIpc) is 2.77. The van der Waals surface area contributed by atoms with Gasteiger partial charge in [-0.2, -0.15) is 0 Å². The van der Waals surface area contributed by atoms with Crippen LogP contribution in [0.3, 0.4) is 0 Å². The maximum Gasteiger partial charge on any atom is 0.223 e. The van der Waals surface area contributed by atoms with Crippen LogP contribution in [0, 0.1) is 5.92 Å². The van der Waals surface area contributed by atoms with E-state index in [1.54, 1.807) is 0 Å². The second kappa shape index (κ2) is 5.84. The van der Waals surface area contributed by atoms with E-state index in [4.69, 9.17) is 10.5 Å². The van der Waals surface area contributed by atoms with Crippen molar-refractivity contribution >= 4 is 18.3 Å². The Bertz CT molecular complexity index is 250. The van der Waals surface area contributed by atoms with Gasteiger partial charge in [-0.25, -0.2) is 0 Å². The van der Waals surface area contributed by atoms with Crippen molar-refractivity contribution in [2.45, 2.75) is 50.8 Å². The maximum atomic E-state index is 11.9. The lowest BCUT2D eigenvalue weighted by Crippen LogP contribution is -2.42. The van der Waals surface area contributed by atoms with Crippen molar-refractivity contribution in [2.75, 3.05) is 6.61 Å². The van der Waals surface area contributed by atoms with Gasteiger partial charge < -0.3 is 15.8 Å². The molecule has 2 fully saturated rings. The maximum absolute atomic E-state index is 11.9. The number of nitrogens with one attached hydrogen (secondary N) is 1. The van der Waals surface area contributed by atoms with Gasteiger partial charge in [-0.3, -0.25) is 4.79 Å². The SMILES string of the molecule is CC1OCCC1NC(=O)C1CCC(N)C1.Cl. The molecule has 1 saturated carbocycles. The van der Waals surface area contributed by atoms with Crippen molar-refractivity contribution in [2.24, 2.45) is 11.7 Å². The third-order valence-electron chi connectivity index (χ3n) is 3.55. The molecule has 0 aromatic carbocycles. The molecule has 94 valence electrons. The van der Waals surface area contributed by atoms with Gasteiger partial charge in [0.2, 0.25) is 5.91 Å². The number of hydrogen-bond donors (Lipinski definition) is 2. The normalized spacial score (nSPS) is 38.1. The monoisotopic (exact) mass is 248 g/mol. The van der Waals surface area contributed by atoms with Crippen LogP contribution in [0.15, 0.2) is 0 Å². The first-order chi connectivity index (χ1) is 7.16. The number of carbonyl (C=O) groups is 1. The molecule has 1 aliphatic heterocycles. The molecule has 4 unspecified atom stereocenters. The predicted octanol–water partition coefficient (Wildman–Crippen LogP) is 0.829. The molecular formula is C11H21ClN2O2. The molecule has 1 saturated heterocycles. The molecule has 2 rings (SSSR count). The third-order valence-corrected chi connectivity index (χ3v) is 3.55. The van der Waals surface area contributed by atoms with E-state index in [1.807, 2.05) is 6.92 Å². The Morgan fingerprint density at radius 3 is 2.62 bits per heavy atom. The first-order valence-corrected chi connectivity index (χ1v) is 5.84. The van der Waals surface area contributed by atoms with E-state index in [0.29, 0.717) is 0 Å². The van der Waals surface area contributed by atoms with Gasteiger partial charge in [0.05, 0.1) is 12.1 Å². The minimum absolute atomic E-state index is 0. The van der Waals surface area contributed by atoms with Crippen LogP contribution >= 0.6 is 12.4 Å². The van der Waals surface area contributed by atoms with Crippen LogP contribution in [-0.2, 0) is 9.53 Å². The number of halogens is 1. The summed E-state index contributed by atoms with van der Waals surface area (Å²) in [5.74, 6) is 0.304. The molecule has 0 bridgehead atoms. The molecule has 1 heterocycles.